The normalized spacial score (nSPS) is 21.5. The predicted molar refractivity (Wildman–Crippen MR) is 98.8 cm³/mol. The summed E-state index contributed by atoms with van der Waals surface area (Å²) in [5.74, 6) is 1.88. The number of anilines is 1. The Morgan fingerprint density at radius 2 is 1.72 bits per heavy atom. The third kappa shape index (κ3) is 3.65. The van der Waals surface area contributed by atoms with E-state index in [1.54, 1.807) is 0 Å². The topological polar surface area (TPSA) is 49.3 Å². The number of carbonyl (C=O) groups excluding carboxylic acids is 1. The summed E-state index contributed by atoms with van der Waals surface area (Å²) in [6.07, 6.45) is 10.1. The number of aryl methyl sites for hydroxylation is 1. The Morgan fingerprint density at radius 3 is 2.48 bits per heavy atom. The second-order valence-electron chi connectivity index (χ2n) is 7.96. The molecular formula is C20H30N4O. The third-order valence-electron chi connectivity index (χ3n) is 6.22. The summed E-state index contributed by atoms with van der Waals surface area (Å²) in [4.78, 5) is 26.8. The highest BCUT2D eigenvalue weighted by Crippen LogP contribution is 2.29. The Bertz CT molecular complexity index is 633. The zero-order valence-corrected chi connectivity index (χ0v) is 15.5. The van der Waals surface area contributed by atoms with Crippen LogP contribution < -0.4 is 4.90 Å². The van der Waals surface area contributed by atoms with E-state index < -0.39 is 0 Å². The minimum Gasteiger partial charge on any atom is -0.342 e. The van der Waals surface area contributed by atoms with Crippen LogP contribution in [0.5, 0.6) is 0 Å². The molecule has 0 bridgehead atoms. The summed E-state index contributed by atoms with van der Waals surface area (Å²) < 4.78 is 0. The molecule has 1 aromatic rings. The van der Waals surface area contributed by atoms with Gasteiger partial charge in [0, 0.05) is 44.7 Å². The molecule has 1 aliphatic carbocycles. The molecule has 136 valence electrons. The number of fused-ring (bicyclic) bond motifs is 1. The molecule has 1 amide bonds. The van der Waals surface area contributed by atoms with Gasteiger partial charge >= 0.3 is 0 Å². The lowest BCUT2D eigenvalue weighted by Gasteiger charge is -2.22. The van der Waals surface area contributed by atoms with E-state index in [0.29, 0.717) is 11.8 Å². The summed E-state index contributed by atoms with van der Waals surface area (Å²) >= 11 is 0. The lowest BCUT2D eigenvalue weighted by molar-refractivity contribution is -0.132. The largest absolute Gasteiger partial charge is 0.342 e. The first-order valence-electron chi connectivity index (χ1n) is 10.1. The summed E-state index contributed by atoms with van der Waals surface area (Å²) in [6.45, 7) is 5.89. The van der Waals surface area contributed by atoms with Crippen LogP contribution in [0.3, 0.4) is 0 Å². The van der Waals surface area contributed by atoms with Crippen molar-refractivity contribution in [1.29, 1.82) is 0 Å². The van der Waals surface area contributed by atoms with Crippen molar-refractivity contribution < 1.29 is 4.79 Å². The average molecular weight is 342 g/mol. The summed E-state index contributed by atoms with van der Waals surface area (Å²) in [5, 5.41) is 0. The van der Waals surface area contributed by atoms with Gasteiger partial charge in [0.2, 0.25) is 11.9 Å². The number of nitrogens with zero attached hydrogens (tertiary/aromatic N) is 4. The van der Waals surface area contributed by atoms with Gasteiger partial charge in [0.15, 0.2) is 0 Å². The average Bonchev–Trinajstić information content (AvgIpc) is 3.26. The SMILES string of the molecule is Cc1nc(N2CCCC2)nc2c1CCN(C(=O)CC1CCCC1)CC2. The molecule has 0 radical (unpaired) electrons. The Kier molecular flexibility index (Phi) is 4.91. The van der Waals surface area contributed by atoms with Crippen molar-refractivity contribution in [3.05, 3.63) is 17.0 Å². The fraction of sp³-hybridized carbons (Fsp3) is 0.750. The maximum Gasteiger partial charge on any atom is 0.225 e. The molecule has 2 fully saturated rings. The molecule has 1 saturated heterocycles. The maximum atomic E-state index is 12.7. The fourth-order valence-corrected chi connectivity index (χ4v) is 4.67. The van der Waals surface area contributed by atoms with Gasteiger partial charge in [-0.05, 0) is 50.5 Å². The Balaban J connectivity index is 1.45. The van der Waals surface area contributed by atoms with Crippen LogP contribution in [0.1, 0.15) is 61.9 Å². The van der Waals surface area contributed by atoms with E-state index in [-0.39, 0.29) is 0 Å². The van der Waals surface area contributed by atoms with Gasteiger partial charge in [-0.2, -0.15) is 0 Å². The molecule has 5 heteroatoms. The van der Waals surface area contributed by atoms with Gasteiger partial charge in [0.1, 0.15) is 0 Å². The van der Waals surface area contributed by atoms with Gasteiger partial charge in [0.05, 0.1) is 5.69 Å². The fourth-order valence-electron chi connectivity index (χ4n) is 4.67. The number of rotatable bonds is 3. The van der Waals surface area contributed by atoms with Crippen molar-refractivity contribution in [3.8, 4) is 0 Å². The molecule has 5 nitrogen and oxygen atoms in total. The molecule has 2 aliphatic heterocycles. The predicted octanol–water partition coefficient (Wildman–Crippen LogP) is 2.89. The van der Waals surface area contributed by atoms with Crippen molar-refractivity contribution >= 4 is 11.9 Å². The number of hydrogen-bond acceptors (Lipinski definition) is 4. The summed E-state index contributed by atoms with van der Waals surface area (Å²) in [7, 11) is 0. The standard InChI is InChI=1S/C20H30N4O/c1-15-17-8-12-23(19(25)14-16-6-2-3-7-16)13-9-18(17)22-20(21-15)24-10-4-5-11-24/h16H,2-14H2,1H3. The first-order valence-corrected chi connectivity index (χ1v) is 10.1. The van der Waals surface area contributed by atoms with E-state index in [1.165, 1.54) is 49.8 Å². The van der Waals surface area contributed by atoms with Crippen molar-refractivity contribution in [1.82, 2.24) is 14.9 Å². The first kappa shape index (κ1) is 16.8. The molecule has 1 aromatic heterocycles. The Morgan fingerprint density at radius 1 is 1.00 bits per heavy atom. The molecule has 0 unspecified atom stereocenters. The molecule has 3 heterocycles. The first-order chi connectivity index (χ1) is 12.2. The van der Waals surface area contributed by atoms with E-state index in [0.717, 1.165) is 57.1 Å². The lowest BCUT2D eigenvalue weighted by Crippen LogP contribution is -2.34. The highest BCUT2D eigenvalue weighted by atomic mass is 16.2. The number of carbonyl (C=O) groups is 1. The zero-order chi connectivity index (χ0) is 17.2. The van der Waals surface area contributed by atoms with Crippen molar-refractivity contribution in [2.24, 2.45) is 5.92 Å². The molecule has 0 atom stereocenters. The third-order valence-corrected chi connectivity index (χ3v) is 6.22. The van der Waals surface area contributed by atoms with Crippen molar-refractivity contribution in [2.75, 3.05) is 31.1 Å². The Labute approximate surface area is 150 Å². The highest BCUT2D eigenvalue weighted by Gasteiger charge is 2.26. The molecular weight excluding hydrogens is 312 g/mol. The van der Waals surface area contributed by atoms with E-state index in [1.807, 2.05) is 0 Å². The molecule has 0 N–H and O–H groups in total. The lowest BCUT2D eigenvalue weighted by atomic mass is 10.0. The minimum atomic E-state index is 0.352. The molecule has 4 rings (SSSR count). The quantitative estimate of drug-likeness (QED) is 0.847. The summed E-state index contributed by atoms with van der Waals surface area (Å²) in [6, 6.07) is 0. The van der Waals surface area contributed by atoms with Gasteiger partial charge in [-0.3, -0.25) is 4.79 Å². The van der Waals surface area contributed by atoms with Gasteiger partial charge in [0.25, 0.3) is 0 Å². The van der Waals surface area contributed by atoms with Crippen LogP contribution in [-0.4, -0.2) is 47.0 Å². The molecule has 25 heavy (non-hydrogen) atoms. The molecule has 3 aliphatic rings. The zero-order valence-electron chi connectivity index (χ0n) is 15.5. The molecule has 0 aromatic carbocycles. The van der Waals surface area contributed by atoms with E-state index in [4.69, 9.17) is 9.97 Å². The van der Waals surface area contributed by atoms with Gasteiger partial charge in [-0.1, -0.05) is 12.8 Å². The van der Waals surface area contributed by atoms with Crippen molar-refractivity contribution in [2.45, 2.75) is 64.7 Å². The second kappa shape index (κ2) is 7.30. The molecule has 0 spiro atoms. The van der Waals surface area contributed by atoms with E-state index in [2.05, 4.69) is 16.7 Å². The van der Waals surface area contributed by atoms with Gasteiger partial charge in [-0.15, -0.1) is 0 Å². The smallest absolute Gasteiger partial charge is 0.225 e. The summed E-state index contributed by atoms with van der Waals surface area (Å²) in [5.41, 5.74) is 3.56. The van der Waals surface area contributed by atoms with Crippen LogP contribution in [0.2, 0.25) is 0 Å². The van der Waals surface area contributed by atoms with Crippen LogP contribution in [0, 0.1) is 12.8 Å². The Hall–Kier alpha value is -1.65. The minimum absolute atomic E-state index is 0.352. The van der Waals surface area contributed by atoms with E-state index >= 15 is 0 Å². The number of aromatic nitrogens is 2. The van der Waals surface area contributed by atoms with Gasteiger partial charge < -0.3 is 9.80 Å². The van der Waals surface area contributed by atoms with E-state index in [9.17, 15) is 4.79 Å². The van der Waals surface area contributed by atoms with Crippen molar-refractivity contribution in [3.63, 3.8) is 0 Å². The highest BCUT2D eigenvalue weighted by molar-refractivity contribution is 5.76. The number of hydrogen-bond donors (Lipinski definition) is 0. The second-order valence-corrected chi connectivity index (χ2v) is 7.96. The van der Waals surface area contributed by atoms with Crippen LogP contribution in [0.4, 0.5) is 5.95 Å². The maximum absolute atomic E-state index is 12.7. The van der Waals surface area contributed by atoms with Crippen LogP contribution >= 0.6 is 0 Å². The van der Waals surface area contributed by atoms with Crippen LogP contribution in [0.25, 0.3) is 0 Å². The molecule has 1 saturated carbocycles. The van der Waals surface area contributed by atoms with Crippen LogP contribution in [-0.2, 0) is 17.6 Å². The van der Waals surface area contributed by atoms with Crippen LogP contribution in [0.15, 0.2) is 0 Å². The monoisotopic (exact) mass is 342 g/mol. The number of amides is 1. The van der Waals surface area contributed by atoms with Gasteiger partial charge in [-0.25, -0.2) is 9.97 Å².